The van der Waals surface area contributed by atoms with Crippen molar-refractivity contribution in [3.8, 4) is 0 Å². The van der Waals surface area contributed by atoms with Crippen LogP contribution in [0.5, 0.6) is 0 Å². The number of nitrogens with two attached hydrogens (primary N) is 1. The van der Waals surface area contributed by atoms with Gasteiger partial charge in [-0.05, 0) is 38.8 Å². The third kappa shape index (κ3) is 4.84. The van der Waals surface area contributed by atoms with Crippen LogP contribution in [0.2, 0.25) is 0 Å². The fraction of sp³-hybridized carbons (Fsp3) is 0.917. The summed E-state index contributed by atoms with van der Waals surface area (Å²) in [6.45, 7) is 7.37. The Hall–Kier alpha value is -0.770. The molecule has 4 nitrogen and oxygen atoms in total. The van der Waals surface area contributed by atoms with Gasteiger partial charge >= 0.3 is 0 Å². The molecular weight excluding hydrogens is 200 g/mol. The third-order valence-corrected chi connectivity index (χ3v) is 3.17. The molecule has 0 aromatic carbocycles. The van der Waals surface area contributed by atoms with Gasteiger partial charge in [-0.1, -0.05) is 13.8 Å². The quantitative estimate of drug-likeness (QED) is 0.544. The zero-order chi connectivity index (χ0) is 12.0. The van der Waals surface area contributed by atoms with Gasteiger partial charge in [-0.15, -0.1) is 0 Å². The van der Waals surface area contributed by atoms with E-state index in [0.29, 0.717) is 17.9 Å². The molecule has 1 unspecified atom stereocenters. The van der Waals surface area contributed by atoms with Crippen molar-refractivity contribution in [2.24, 2.45) is 16.6 Å². The molecule has 1 fully saturated rings. The first-order valence-corrected chi connectivity index (χ1v) is 6.33. The topological polar surface area (TPSA) is 53.6 Å². The summed E-state index contributed by atoms with van der Waals surface area (Å²) < 4.78 is 0. The van der Waals surface area contributed by atoms with E-state index in [9.17, 15) is 0 Å². The minimum Gasteiger partial charge on any atom is -0.370 e. The number of hydrogen-bond donors (Lipinski definition) is 2. The normalized spacial score (nSPS) is 23.0. The van der Waals surface area contributed by atoms with Gasteiger partial charge in [-0.2, -0.15) is 0 Å². The number of likely N-dealkylation sites (N-methyl/N-ethyl adjacent to an activating group) is 1. The van der Waals surface area contributed by atoms with Gasteiger partial charge in [0, 0.05) is 12.6 Å². The maximum absolute atomic E-state index is 5.80. The monoisotopic (exact) mass is 226 g/mol. The Balaban J connectivity index is 2.17. The molecule has 0 amide bonds. The van der Waals surface area contributed by atoms with Crippen LogP contribution in [-0.2, 0) is 0 Å². The second kappa shape index (κ2) is 6.74. The lowest BCUT2D eigenvalue weighted by Gasteiger charge is -2.17. The van der Waals surface area contributed by atoms with Crippen LogP contribution in [0.3, 0.4) is 0 Å². The molecule has 1 saturated heterocycles. The number of nitrogens with one attached hydrogen (secondary N) is 1. The Bertz CT molecular complexity index is 225. The molecule has 1 heterocycles. The molecule has 1 aliphatic heterocycles. The molecular formula is C12H26N4. The zero-order valence-electron chi connectivity index (χ0n) is 10.9. The average Bonchev–Trinajstić information content (AvgIpc) is 2.60. The van der Waals surface area contributed by atoms with Crippen LogP contribution in [-0.4, -0.2) is 43.6 Å². The molecule has 16 heavy (non-hydrogen) atoms. The van der Waals surface area contributed by atoms with Crippen LogP contribution in [0.25, 0.3) is 0 Å². The lowest BCUT2D eigenvalue weighted by atomic mass is 10.1. The average molecular weight is 226 g/mol. The first kappa shape index (κ1) is 13.3. The number of aliphatic imine (C=N–C) groups is 1. The lowest BCUT2D eigenvalue weighted by Crippen LogP contribution is -2.35. The Morgan fingerprint density at radius 3 is 2.88 bits per heavy atom. The van der Waals surface area contributed by atoms with Gasteiger partial charge in [0.05, 0.1) is 6.54 Å². The van der Waals surface area contributed by atoms with E-state index in [-0.39, 0.29) is 0 Å². The van der Waals surface area contributed by atoms with E-state index < -0.39 is 0 Å². The third-order valence-electron chi connectivity index (χ3n) is 3.17. The number of hydrogen-bond acceptors (Lipinski definition) is 2. The van der Waals surface area contributed by atoms with Crippen LogP contribution in [0.1, 0.15) is 33.1 Å². The summed E-state index contributed by atoms with van der Waals surface area (Å²) in [7, 11) is 2.16. The SMILES string of the molecule is CC(C)CCNC(N)=NCC1CCCN1C. The predicted molar refractivity (Wildman–Crippen MR) is 69.6 cm³/mol. The first-order chi connectivity index (χ1) is 7.59. The Labute approximate surface area is 99.3 Å². The van der Waals surface area contributed by atoms with Crippen molar-refractivity contribution in [1.29, 1.82) is 0 Å². The molecule has 1 rings (SSSR count). The maximum Gasteiger partial charge on any atom is 0.188 e. The van der Waals surface area contributed by atoms with E-state index in [1.807, 2.05) is 0 Å². The van der Waals surface area contributed by atoms with Crippen LogP contribution in [0, 0.1) is 5.92 Å². The standard InChI is InChI=1S/C12H26N4/c1-10(2)6-7-14-12(13)15-9-11-5-4-8-16(11)3/h10-11H,4-9H2,1-3H3,(H3,13,14,15). The highest BCUT2D eigenvalue weighted by atomic mass is 15.2. The summed E-state index contributed by atoms with van der Waals surface area (Å²) in [5.41, 5.74) is 5.80. The van der Waals surface area contributed by atoms with E-state index >= 15 is 0 Å². The van der Waals surface area contributed by atoms with Crippen molar-refractivity contribution in [3.05, 3.63) is 0 Å². The highest BCUT2D eigenvalue weighted by molar-refractivity contribution is 5.77. The molecule has 0 radical (unpaired) electrons. The van der Waals surface area contributed by atoms with Crippen molar-refractivity contribution in [3.63, 3.8) is 0 Å². The second-order valence-electron chi connectivity index (χ2n) is 5.11. The molecule has 0 aromatic rings. The predicted octanol–water partition coefficient (Wildman–Crippen LogP) is 1.03. The molecule has 0 bridgehead atoms. The Morgan fingerprint density at radius 2 is 2.31 bits per heavy atom. The Morgan fingerprint density at radius 1 is 1.56 bits per heavy atom. The van der Waals surface area contributed by atoms with Crippen molar-refractivity contribution in [1.82, 2.24) is 10.2 Å². The molecule has 94 valence electrons. The van der Waals surface area contributed by atoms with Crippen LogP contribution in [0.4, 0.5) is 0 Å². The fourth-order valence-electron chi connectivity index (χ4n) is 1.96. The summed E-state index contributed by atoms with van der Waals surface area (Å²) >= 11 is 0. The van der Waals surface area contributed by atoms with Gasteiger partial charge in [0.1, 0.15) is 0 Å². The lowest BCUT2D eigenvalue weighted by molar-refractivity contribution is 0.317. The summed E-state index contributed by atoms with van der Waals surface area (Å²) in [5.74, 6) is 1.31. The van der Waals surface area contributed by atoms with Gasteiger partial charge < -0.3 is 16.0 Å². The van der Waals surface area contributed by atoms with Crippen LogP contribution in [0.15, 0.2) is 4.99 Å². The summed E-state index contributed by atoms with van der Waals surface area (Å²) in [6, 6.07) is 0.588. The summed E-state index contributed by atoms with van der Waals surface area (Å²) in [5, 5.41) is 3.16. The molecule has 0 saturated carbocycles. The van der Waals surface area contributed by atoms with E-state index in [1.54, 1.807) is 0 Å². The van der Waals surface area contributed by atoms with E-state index in [2.05, 4.69) is 36.1 Å². The molecule has 0 spiro atoms. The van der Waals surface area contributed by atoms with Crippen LogP contribution < -0.4 is 11.1 Å². The highest BCUT2D eigenvalue weighted by Gasteiger charge is 2.19. The molecule has 0 aromatic heterocycles. The Kier molecular flexibility index (Phi) is 5.60. The molecule has 1 atom stereocenters. The molecule has 3 N–H and O–H groups in total. The number of nitrogens with zero attached hydrogens (tertiary/aromatic N) is 2. The summed E-state index contributed by atoms with van der Waals surface area (Å²) in [4.78, 5) is 6.76. The number of likely N-dealkylation sites (tertiary alicyclic amines) is 1. The second-order valence-corrected chi connectivity index (χ2v) is 5.11. The van der Waals surface area contributed by atoms with E-state index in [0.717, 1.165) is 19.5 Å². The molecule has 0 aliphatic carbocycles. The van der Waals surface area contributed by atoms with Crippen molar-refractivity contribution < 1.29 is 0 Å². The number of rotatable bonds is 5. The van der Waals surface area contributed by atoms with Gasteiger partial charge in [0.15, 0.2) is 5.96 Å². The van der Waals surface area contributed by atoms with Gasteiger partial charge in [-0.3, -0.25) is 4.99 Å². The molecule has 4 heteroatoms. The van der Waals surface area contributed by atoms with E-state index in [1.165, 1.54) is 19.4 Å². The van der Waals surface area contributed by atoms with Crippen molar-refractivity contribution >= 4 is 5.96 Å². The van der Waals surface area contributed by atoms with Crippen LogP contribution >= 0.6 is 0 Å². The minimum absolute atomic E-state index is 0.588. The fourth-order valence-corrected chi connectivity index (χ4v) is 1.96. The van der Waals surface area contributed by atoms with Crippen molar-refractivity contribution in [2.75, 3.05) is 26.7 Å². The van der Waals surface area contributed by atoms with E-state index in [4.69, 9.17) is 5.73 Å². The number of guanidine groups is 1. The zero-order valence-corrected chi connectivity index (χ0v) is 10.9. The first-order valence-electron chi connectivity index (χ1n) is 6.33. The minimum atomic E-state index is 0.588. The van der Waals surface area contributed by atoms with Gasteiger partial charge in [-0.25, -0.2) is 0 Å². The highest BCUT2D eigenvalue weighted by Crippen LogP contribution is 2.14. The van der Waals surface area contributed by atoms with Gasteiger partial charge in [0.25, 0.3) is 0 Å². The smallest absolute Gasteiger partial charge is 0.188 e. The van der Waals surface area contributed by atoms with Gasteiger partial charge in [0.2, 0.25) is 0 Å². The molecule has 1 aliphatic rings. The van der Waals surface area contributed by atoms with Crippen molar-refractivity contribution in [2.45, 2.75) is 39.2 Å². The maximum atomic E-state index is 5.80. The largest absolute Gasteiger partial charge is 0.370 e. The summed E-state index contributed by atoms with van der Waals surface area (Å²) in [6.07, 6.45) is 3.68.